The zero-order valence-corrected chi connectivity index (χ0v) is 15.8. The molecule has 1 aromatic carbocycles. The lowest BCUT2D eigenvalue weighted by Crippen LogP contribution is -2.43. The van der Waals surface area contributed by atoms with Crippen molar-refractivity contribution in [1.29, 1.82) is 0 Å². The molecule has 124 valence electrons. The Labute approximate surface area is 145 Å². The molecule has 22 heavy (non-hydrogen) atoms. The smallest absolute Gasteiger partial charge is 0.263 e. The summed E-state index contributed by atoms with van der Waals surface area (Å²) in [6.45, 7) is 7.66. The summed E-state index contributed by atoms with van der Waals surface area (Å²) < 4.78 is 11.6. The molecule has 0 aromatic heterocycles. The highest BCUT2D eigenvalue weighted by Crippen LogP contribution is 2.29. The summed E-state index contributed by atoms with van der Waals surface area (Å²) in [6, 6.07) is 5.22. The van der Waals surface area contributed by atoms with Crippen molar-refractivity contribution in [2.75, 3.05) is 26.8 Å². The number of halogens is 2. The van der Waals surface area contributed by atoms with Gasteiger partial charge in [-0.2, -0.15) is 0 Å². The van der Waals surface area contributed by atoms with Crippen LogP contribution in [0.5, 0.6) is 5.75 Å². The standard InChI is InChI=1S/C16H23BrClNO3/c1-11(2)10-19(7-8-21-4)16(20)12(3)22-15-6-5-13(18)9-14(15)17/h5-6,9,11-12H,7-8,10H2,1-4H3. The van der Waals surface area contributed by atoms with Crippen LogP contribution >= 0.6 is 27.5 Å². The Morgan fingerprint density at radius 3 is 2.59 bits per heavy atom. The van der Waals surface area contributed by atoms with Crippen LogP contribution in [0.2, 0.25) is 5.02 Å². The summed E-state index contributed by atoms with van der Waals surface area (Å²) in [5.74, 6) is 0.935. The Morgan fingerprint density at radius 2 is 2.05 bits per heavy atom. The quantitative estimate of drug-likeness (QED) is 0.671. The largest absolute Gasteiger partial charge is 0.480 e. The summed E-state index contributed by atoms with van der Waals surface area (Å²) in [4.78, 5) is 14.4. The van der Waals surface area contributed by atoms with Crippen molar-refractivity contribution in [3.63, 3.8) is 0 Å². The molecule has 0 aliphatic rings. The van der Waals surface area contributed by atoms with E-state index in [0.717, 1.165) is 4.47 Å². The molecule has 0 saturated carbocycles. The molecule has 0 aliphatic heterocycles. The van der Waals surface area contributed by atoms with Gasteiger partial charge in [0.25, 0.3) is 5.91 Å². The Morgan fingerprint density at radius 1 is 1.36 bits per heavy atom. The van der Waals surface area contributed by atoms with Crippen molar-refractivity contribution >= 4 is 33.4 Å². The minimum absolute atomic E-state index is 0.0485. The molecule has 1 unspecified atom stereocenters. The lowest BCUT2D eigenvalue weighted by Gasteiger charge is -2.27. The normalized spacial score (nSPS) is 12.3. The molecule has 0 fully saturated rings. The van der Waals surface area contributed by atoms with Crippen LogP contribution in [0.3, 0.4) is 0 Å². The first-order chi connectivity index (χ1) is 10.3. The van der Waals surface area contributed by atoms with Gasteiger partial charge in [-0.15, -0.1) is 0 Å². The number of carbonyl (C=O) groups is 1. The second-order valence-electron chi connectivity index (χ2n) is 5.51. The van der Waals surface area contributed by atoms with E-state index < -0.39 is 6.10 Å². The van der Waals surface area contributed by atoms with Crippen LogP contribution in [-0.4, -0.2) is 43.7 Å². The van der Waals surface area contributed by atoms with Gasteiger partial charge in [0.05, 0.1) is 11.1 Å². The third-order valence-electron chi connectivity index (χ3n) is 3.01. The average Bonchev–Trinajstić information content (AvgIpc) is 2.45. The first-order valence-corrected chi connectivity index (χ1v) is 8.41. The molecular formula is C16H23BrClNO3. The minimum Gasteiger partial charge on any atom is -0.480 e. The zero-order valence-electron chi connectivity index (χ0n) is 13.4. The number of ether oxygens (including phenoxy) is 2. The molecule has 0 aliphatic carbocycles. The number of carbonyl (C=O) groups excluding carboxylic acids is 1. The van der Waals surface area contributed by atoms with Gasteiger partial charge >= 0.3 is 0 Å². The summed E-state index contributed by atoms with van der Waals surface area (Å²) >= 11 is 9.30. The van der Waals surface area contributed by atoms with E-state index in [9.17, 15) is 4.79 Å². The maximum absolute atomic E-state index is 12.6. The van der Waals surface area contributed by atoms with Crippen LogP contribution in [0.1, 0.15) is 20.8 Å². The van der Waals surface area contributed by atoms with E-state index in [0.29, 0.717) is 36.4 Å². The van der Waals surface area contributed by atoms with E-state index in [1.54, 1.807) is 37.1 Å². The molecule has 1 aromatic rings. The molecule has 1 rings (SSSR count). The minimum atomic E-state index is -0.576. The van der Waals surface area contributed by atoms with Crippen LogP contribution in [-0.2, 0) is 9.53 Å². The van der Waals surface area contributed by atoms with Gasteiger partial charge in [0.2, 0.25) is 0 Å². The highest BCUT2D eigenvalue weighted by molar-refractivity contribution is 9.10. The van der Waals surface area contributed by atoms with Crippen molar-refractivity contribution in [3.8, 4) is 5.75 Å². The molecule has 1 atom stereocenters. The van der Waals surface area contributed by atoms with Gasteiger partial charge in [-0.05, 0) is 47.0 Å². The van der Waals surface area contributed by atoms with Crippen molar-refractivity contribution in [2.45, 2.75) is 26.9 Å². The van der Waals surface area contributed by atoms with Gasteiger partial charge in [-0.25, -0.2) is 0 Å². The maximum atomic E-state index is 12.6. The summed E-state index contributed by atoms with van der Waals surface area (Å²) in [7, 11) is 1.63. The SMILES string of the molecule is COCCN(CC(C)C)C(=O)C(C)Oc1ccc(Cl)cc1Br. The maximum Gasteiger partial charge on any atom is 0.263 e. The Hall–Kier alpha value is -0.780. The van der Waals surface area contributed by atoms with Crippen LogP contribution < -0.4 is 4.74 Å². The van der Waals surface area contributed by atoms with E-state index in [1.807, 2.05) is 0 Å². The number of benzene rings is 1. The van der Waals surface area contributed by atoms with Gasteiger partial charge in [0, 0.05) is 25.2 Å². The van der Waals surface area contributed by atoms with Crippen molar-refractivity contribution in [2.24, 2.45) is 5.92 Å². The predicted molar refractivity (Wildman–Crippen MR) is 92.5 cm³/mol. The number of nitrogens with zero attached hydrogens (tertiary/aromatic N) is 1. The number of hydrogen-bond donors (Lipinski definition) is 0. The van der Waals surface area contributed by atoms with E-state index in [4.69, 9.17) is 21.1 Å². The average molecular weight is 393 g/mol. The fraction of sp³-hybridized carbons (Fsp3) is 0.562. The van der Waals surface area contributed by atoms with Crippen LogP contribution in [0.15, 0.2) is 22.7 Å². The number of rotatable bonds is 8. The molecule has 0 saturated heterocycles. The second kappa shape index (κ2) is 9.38. The van der Waals surface area contributed by atoms with Crippen molar-refractivity contribution in [1.82, 2.24) is 4.90 Å². The first kappa shape index (κ1) is 19.3. The fourth-order valence-electron chi connectivity index (χ4n) is 2.00. The van der Waals surface area contributed by atoms with Gasteiger partial charge in [-0.1, -0.05) is 25.4 Å². The molecule has 6 heteroatoms. The Bertz CT molecular complexity index is 496. The molecule has 0 heterocycles. The van der Waals surface area contributed by atoms with E-state index in [2.05, 4.69) is 29.8 Å². The van der Waals surface area contributed by atoms with Gasteiger partial charge in [0.1, 0.15) is 5.75 Å². The van der Waals surface area contributed by atoms with Gasteiger partial charge < -0.3 is 14.4 Å². The predicted octanol–water partition coefficient (Wildman–Crippen LogP) is 4.00. The van der Waals surface area contributed by atoms with Gasteiger partial charge in [0.15, 0.2) is 6.10 Å². The van der Waals surface area contributed by atoms with Gasteiger partial charge in [-0.3, -0.25) is 4.79 Å². The highest BCUT2D eigenvalue weighted by atomic mass is 79.9. The third-order valence-corrected chi connectivity index (χ3v) is 3.86. The van der Waals surface area contributed by atoms with Crippen LogP contribution in [0.25, 0.3) is 0 Å². The van der Waals surface area contributed by atoms with E-state index in [-0.39, 0.29) is 5.91 Å². The number of methoxy groups -OCH3 is 1. The van der Waals surface area contributed by atoms with Crippen LogP contribution in [0.4, 0.5) is 0 Å². The summed E-state index contributed by atoms with van der Waals surface area (Å²) in [5.41, 5.74) is 0. The van der Waals surface area contributed by atoms with Crippen molar-refractivity contribution in [3.05, 3.63) is 27.7 Å². The summed E-state index contributed by atoms with van der Waals surface area (Å²) in [5, 5.41) is 0.611. The van der Waals surface area contributed by atoms with E-state index in [1.165, 1.54) is 0 Å². The molecule has 4 nitrogen and oxygen atoms in total. The summed E-state index contributed by atoms with van der Waals surface area (Å²) in [6.07, 6.45) is -0.576. The molecule has 1 amide bonds. The van der Waals surface area contributed by atoms with Crippen molar-refractivity contribution < 1.29 is 14.3 Å². The molecular weight excluding hydrogens is 370 g/mol. The molecule has 0 spiro atoms. The third kappa shape index (κ3) is 6.15. The lowest BCUT2D eigenvalue weighted by atomic mass is 10.2. The van der Waals surface area contributed by atoms with Crippen LogP contribution in [0, 0.1) is 5.92 Å². The monoisotopic (exact) mass is 391 g/mol. The first-order valence-electron chi connectivity index (χ1n) is 7.24. The number of hydrogen-bond acceptors (Lipinski definition) is 3. The lowest BCUT2D eigenvalue weighted by molar-refractivity contribution is -0.139. The second-order valence-corrected chi connectivity index (χ2v) is 6.80. The molecule has 0 radical (unpaired) electrons. The topological polar surface area (TPSA) is 38.8 Å². The zero-order chi connectivity index (χ0) is 16.7. The Balaban J connectivity index is 2.75. The number of amides is 1. The fourth-order valence-corrected chi connectivity index (χ4v) is 2.78. The Kier molecular flexibility index (Phi) is 8.21. The van der Waals surface area contributed by atoms with E-state index >= 15 is 0 Å². The molecule has 0 N–H and O–H groups in total. The molecule has 0 bridgehead atoms. The highest BCUT2D eigenvalue weighted by Gasteiger charge is 2.23.